The highest BCUT2D eigenvalue weighted by Crippen LogP contribution is 2.31. The van der Waals surface area contributed by atoms with Crippen molar-refractivity contribution in [3.8, 4) is 0 Å². The van der Waals surface area contributed by atoms with Crippen molar-refractivity contribution in [2.75, 3.05) is 12.0 Å². The first-order chi connectivity index (χ1) is 9.00. The van der Waals surface area contributed by atoms with E-state index in [1.54, 1.807) is 0 Å². The smallest absolute Gasteiger partial charge is 0.110 e. The molecule has 1 aromatic heterocycles. The van der Waals surface area contributed by atoms with Gasteiger partial charge in [0.15, 0.2) is 0 Å². The quantitative estimate of drug-likeness (QED) is 0.756. The summed E-state index contributed by atoms with van der Waals surface area (Å²) in [4.78, 5) is 4.89. The molecule has 0 aliphatic heterocycles. The predicted octanol–water partition coefficient (Wildman–Crippen LogP) is 4.38. The lowest BCUT2D eigenvalue weighted by molar-refractivity contribution is 0.485. The van der Waals surface area contributed by atoms with E-state index in [0.29, 0.717) is 6.04 Å². The summed E-state index contributed by atoms with van der Waals surface area (Å²) in [5.41, 5.74) is 1.40. The fraction of sp³-hybridized carbons (Fsp3) is 0.800. The van der Waals surface area contributed by atoms with Crippen molar-refractivity contribution in [1.82, 2.24) is 10.3 Å². The Labute approximate surface area is 125 Å². The molecule has 0 radical (unpaired) electrons. The van der Waals surface area contributed by atoms with Crippen LogP contribution in [0.4, 0.5) is 0 Å². The normalized spacial score (nSPS) is 17.7. The van der Waals surface area contributed by atoms with E-state index in [4.69, 9.17) is 4.98 Å². The lowest BCUT2D eigenvalue weighted by Crippen LogP contribution is -2.24. The minimum atomic E-state index is 0.165. The molecule has 2 nitrogen and oxygen atoms in total. The van der Waals surface area contributed by atoms with Gasteiger partial charge >= 0.3 is 0 Å². The van der Waals surface area contributed by atoms with Crippen LogP contribution in [0.15, 0.2) is 5.38 Å². The predicted molar refractivity (Wildman–Crippen MR) is 87.3 cm³/mol. The van der Waals surface area contributed by atoms with Crippen LogP contribution in [0.5, 0.6) is 0 Å². The molecule has 1 fully saturated rings. The molecular weight excluding hydrogens is 272 g/mol. The van der Waals surface area contributed by atoms with Gasteiger partial charge in [0.2, 0.25) is 0 Å². The molecule has 0 spiro atoms. The van der Waals surface area contributed by atoms with Crippen molar-refractivity contribution >= 4 is 23.1 Å². The van der Waals surface area contributed by atoms with Crippen LogP contribution in [0.1, 0.15) is 63.2 Å². The van der Waals surface area contributed by atoms with Gasteiger partial charge in [0.25, 0.3) is 0 Å². The maximum atomic E-state index is 4.89. The Kier molecular flexibility index (Phi) is 5.32. The first kappa shape index (κ1) is 15.3. The molecule has 1 N–H and O–H groups in total. The molecule has 1 heterocycles. The van der Waals surface area contributed by atoms with Crippen LogP contribution < -0.4 is 5.32 Å². The second kappa shape index (κ2) is 6.59. The number of nitrogens with zero attached hydrogens (tertiary/aromatic N) is 1. The molecule has 0 aromatic carbocycles. The van der Waals surface area contributed by atoms with Crippen molar-refractivity contribution in [2.45, 2.75) is 64.0 Å². The number of nitrogens with one attached hydrogen (secondary N) is 1. The maximum Gasteiger partial charge on any atom is 0.110 e. The Hall–Kier alpha value is -0.0600. The average Bonchev–Trinajstić information content (AvgIpc) is 3.00. The van der Waals surface area contributed by atoms with Gasteiger partial charge in [-0.25, -0.2) is 4.98 Å². The summed E-state index contributed by atoms with van der Waals surface area (Å²) in [5.74, 6) is 1.25. The van der Waals surface area contributed by atoms with Crippen molar-refractivity contribution in [3.63, 3.8) is 0 Å². The molecule has 19 heavy (non-hydrogen) atoms. The van der Waals surface area contributed by atoms with E-state index < -0.39 is 0 Å². The Balaban J connectivity index is 2.01. The van der Waals surface area contributed by atoms with Crippen LogP contribution in [-0.4, -0.2) is 23.0 Å². The van der Waals surface area contributed by atoms with Gasteiger partial charge in [-0.15, -0.1) is 11.3 Å². The summed E-state index contributed by atoms with van der Waals surface area (Å²) in [7, 11) is 0. The van der Waals surface area contributed by atoms with Gasteiger partial charge in [0.1, 0.15) is 5.01 Å². The van der Waals surface area contributed by atoms with Crippen molar-refractivity contribution < 1.29 is 0 Å². The summed E-state index contributed by atoms with van der Waals surface area (Å²) in [6.45, 7) is 6.72. The Morgan fingerprint density at radius 2 is 2.21 bits per heavy atom. The summed E-state index contributed by atoms with van der Waals surface area (Å²) >= 11 is 3.77. The molecule has 1 atom stereocenters. The topological polar surface area (TPSA) is 24.9 Å². The third-order valence-corrected chi connectivity index (χ3v) is 5.10. The van der Waals surface area contributed by atoms with Crippen molar-refractivity contribution in [1.29, 1.82) is 0 Å². The van der Waals surface area contributed by atoms with Gasteiger partial charge < -0.3 is 5.32 Å². The monoisotopic (exact) mass is 298 g/mol. The highest BCUT2D eigenvalue weighted by atomic mass is 32.2. The largest absolute Gasteiger partial charge is 0.305 e. The number of aromatic nitrogens is 1. The lowest BCUT2D eigenvalue weighted by atomic mass is 9.93. The van der Waals surface area contributed by atoms with Crippen LogP contribution in [0, 0.1) is 0 Å². The average molecular weight is 299 g/mol. The molecule has 2 rings (SSSR count). The van der Waals surface area contributed by atoms with E-state index >= 15 is 0 Å². The van der Waals surface area contributed by atoms with Gasteiger partial charge in [-0.1, -0.05) is 20.8 Å². The molecule has 0 bridgehead atoms. The first-order valence-corrected chi connectivity index (χ1v) is 9.49. The fourth-order valence-corrected chi connectivity index (χ4v) is 3.63. The number of hydrogen-bond donors (Lipinski definition) is 1. The number of thioether (sulfide) groups is 1. The third kappa shape index (κ3) is 4.76. The standard InChI is InChI=1S/C15H26N2S2/c1-15(2,3)13-10-19-14(17-13)12(6-5-9-18-4)16-11-7-8-11/h10-12,16H,5-9H2,1-4H3. The summed E-state index contributed by atoms with van der Waals surface area (Å²) in [6, 6.07) is 1.22. The molecule has 1 aliphatic carbocycles. The molecule has 4 heteroatoms. The molecule has 0 amide bonds. The van der Waals surface area contributed by atoms with Gasteiger partial charge in [0, 0.05) is 16.8 Å². The molecule has 1 unspecified atom stereocenters. The van der Waals surface area contributed by atoms with Crippen LogP contribution >= 0.6 is 23.1 Å². The second-order valence-electron chi connectivity index (χ2n) is 6.45. The first-order valence-electron chi connectivity index (χ1n) is 7.21. The Morgan fingerprint density at radius 3 is 2.74 bits per heavy atom. The SMILES string of the molecule is CSCCCC(NC1CC1)c1nc(C(C)(C)C)cs1. The van der Waals surface area contributed by atoms with Gasteiger partial charge in [-0.3, -0.25) is 0 Å². The molecule has 1 aliphatic rings. The fourth-order valence-electron chi connectivity index (χ4n) is 2.04. The van der Waals surface area contributed by atoms with Gasteiger partial charge in [0.05, 0.1) is 11.7 Å². The van der Waals surface area contributed by atoms with E-state index in [9.17, 15) is 0 Å². The summed E-state index contributed by atoms with van der Waals surface area (Å²) < 4.78 is 0. The van der Waals surface area contributed by atoms with Crippen LogP contribution in [-0.2, 0) is 5.41 Å². The number of thiazole rings is 1. The zero-order chi connectivity index (χ0) is 13.9. The third-order valence-electron chi connectivity index (χ3n) is 3.44. The summed E-state index contributed by atoms with van der Waals surface area (Å²) in [5, 5.41) is 7.30. The van der Waals surface area contributed by atoms with E-state index in [0.717, 1.165) is 6.04 Å². The van der Waals surface area contributed by atoms with Gasteiger partial charge in [-0.2, -0.15) is 11.8 Å². The molecule has 0 saturated heterocycles. The van der Waals surface area contributed by atoms with E-state index in [1.807, 2.05) is 23.1 Å². The highest BCUT2D eigenvalue weighted by molar-refractivity contribution is 7.98. The van der Waals surface area contributed by atoms with Crippen LogP contribution in [0.2, 0.25) is 0 Å². The van der Waals surface area contributed by atoms with Crippen LogP contribution in [0.3, 0.4) is 0 Å². The summed E-state index contributed by atoms with van der Waals surface area (Å²) in [6.07, 6.45) is 7.36. The maximum absolute atomic E-state index is 4.89. The van der Waals surface area contributed by atoms with E-state index in [-0.39, 0.29) is 5.41 Å². The number of rotatable bonds is 7. The molecule has 1 saturated carbocycles. The zero-order valence-electron chi connectivity index (χ0n) is 12.5. The minimum Gasteiger partial charge on any atom is -0.305 e. The van der Waals surface area contributed by atoms with E-state index in [1.165, 1.54) is 42.1 Å². The molecule has 1 aromatic rings. The minimum absolute atomic E-state index is 0.165. The number of hydrogen-bond acceptors (Lipinski definition) is 4. The van der Waals surface area contributed by atoms with E-state index in [2.05, 4.69) is 37.7 Å². The zero-order valence-corrected chi connectivity index (χ0v) is 14.2. The Bertz CT molecular complexity index is 391. The highest BCUT2D eigenvalue weighted by Gasteiger charge is 2.27. The molecular formula is C15H26N2S2. The lowest BCUT2D eigenvalue weighted by Gasteiger charge is -2.17. The second-order valence-corrected chi connectivity index (χ2v) is 8.32. The van der Waals surface area contributed by atoms with Crippen LogP contribution in [0.25, 0.3) is 0 Å². The van der Waals surface area contributed by atoms with Crippen molar-refractivity contribution in [3.05, 3.63) is 16.1 Å². The van der Waals surface area contributed by atoms with Gasteiger partial charge in [-0.05, 0) is 37.7 Å². The molecule has 108 valence electrons. The Morgan fingerprint density at radius 1 is 1.47 bits per heavy atom. The van der Waals surface area contributed by atoms with Crippen molar-refractivity contribution in [2.24, 2.45) is 0 Å².